The molecule has 0 radical (unpaired) electrons. The maximum absolute atomic E-state index is 4.06. The van der Waals surface area contributed by atoms with Gasteiger partial charge in [-0.25, -0.2) is 0 Å². The van der Waals surface area contributed by atoms with Crippen LogP contribution in [-0.4, -0.2) is 19.2 Å². The fourth-order valence-electron chi connectivity index (χ4n) is 4.57. The quantitative estimate of drug-likeness (QED) is 0.359. The molecule has 0 unspecified atom stereocenters. The van der Waals surface area contributed by atoms with Crippen molar-refractivity contribution in [1.82, 2.24) is 19.2 Å². The molecule has 0 spiro atoms. The van der Waals surface area contributed by atoms with E-state index < -0.39 is 0 Å². The normalized spacial score (nSPS) is 11.7. The number of rotatable bonds is 2. The van der Waals surface area contributed by atoms with Crippen molar-refractivity contribution >= 4 is 27.5 Å². The van der Waals surface area contributed by atoms with Gasteiger partial charge in [-0.1, -0.05) is 42.5 Å². The van der Waals surface area contributed by atoms with Crippen LogP contribution in [0.1, 0.15) is 11.3 Å². The Morgan fingerprint density at radius 3 is 2.37 bits per heavy atom. The van der Waals surface area contributed by atoms with Crippen LogP contribution >= 0.6 is 0 Å². The molecule has 3 aromatic carbocycles. The highest BCUT2D eigenvalue weighted by atomic mass is 15.1. The molecule has 6 aromatic rings. The highest BCUT2D eigenvalue weighted by Gasteiger charge is 2.18. The predicted molar refractivity (Wildman–Crippen MR) is 122 cm³/mol. The summed E-state index contributed by atoms with van der Waals surface area (Å²) < 4.78 is 4.73. The highest BCUT2D eigenvalue weighted by Crippen LogP contribution is 2.36. The van der Waals surface area contributed by atoms with Crippen LogP contribution in [0.4, 0.5) is 0 Å². The van der Waals surface area contributed by atoms with Gasteiger partial charge < -0.3 is 0 Å². The summed E-state index contributed by atoms with van der Waals surface area (Å²) in [6.07, 6.45) is 3.64. The molecule has 0 atom stereocenters. The van der Waals surface area contributed by atoms with Crippen molar-refractivity contribution < 1.29 is 0 Å². The van der Waals surface area contributed by atoms with Gasteiger partial charge in [-0.05, 0) is 55.3 Å². The molecule has 4 nitrogen and oxygen atoms in total. The van der Waals surface area contributed by atoms with Gasteiger partial charge >= 0.3 is 0 Å². The van der Waals surface area contributed by atoms with Crippen LogP contribution in [0.5, 0.6) is 0 Å². The molecule has 0 saturated heterocycles. The van der Waals surface area contributed by atoms with E-state index in [1.54, 1.807) is 0 Å². The van der Waals surface area contributed by atoms with Gasteiger partial charge in [0.1, 0.15) is 5.65 Å². The van der Waals surface area contributed by atoms with Crippen LogP contribution in [0.3, 0.4) is 0 Å². The predicted octanol–water partition coefficient (Wildman–Crippen LogP) is 6.11. The molecule has 0 bridgehead atoms. The molecule has 0 aliphatic rings. The van der Waals surface area contributed by atoms with E-state index in [2.05, 4.69) is 106 Å². The zero-order chi connectivity index (χ0) is 20.2. The lowest BCUT2D eigenvalue weighted by atomic mass is 9.98. The number of hydrogen-bond donors (Lipinski definition) is 0. The summed E-state index contributed by atoms with van der Waals surface area (Å²) in [5, 5.41) is 10.3. The lowest BCUT2D eigenvalue weighted by Crippen LogP contribution is -2.00. The van der Waals surface area contributed by atoms with Crippen LogP contribution in [0.2, 0.25) is 0 Å². The number of imidazole rings is 1. The Balaban J connectivity index is 1.72. The summed E-state index contributed by atoms with van der Waals surface area (Å²) in [6.45, 7) is 4.35. The molecule has 144 valence electrons. The lowest BCUT2D eigenvalue weighted by molar-refractivity contribution is 1.05. The van der Waals surface area contributed by atoms with Crippen molar-refractivity contribution in [3.8, 4) is 16.8 Å². The van der Waals surface area contributed by atoms with Crippen molar-refractivity contribution in [2.45, 2.75) is 13.8 Å². The van der Waals surface area contributed by atoms with E-state index in [0.717, 1.165) is 10.8 Å². The average molecular weight is 388 g/mol. The van der Waals surface area contributed by atoms with Gasteiger partial charge in [0, 0.05) is 22.0 Å². The van der Waals surface area contributed by atoms with Gasteiger partial charge in [-0.3, -0.25) is 8.97 Å². The van der Waals surface area contributed by atoms with E-state index in [9.17, 15) is 0 Å². The zero-order valence-corrected chi connectivity index (χ0v) is 16.9. The Bertz CT molecular complexity index is 1570. The molecule has 0 N–H and O–H groups in total. The minimum Gasteiger partial charge on any atom is -0.298 e. The summed E-state index contributed by atoms with van der Waals surface area (Å²) in [7, 11) is 0. The standard InChI is InChI=1S/C26H20N4/c1-17-6-5-7-22(19-11-12-20-15-27-28-16-21(20)14-19)26(17)30-24-9-4-3-8-23(24)29-18(2)10-13-25(29)30/h3-16H,1-2H3. The SMILES string of the molecule is Cc1cccc(-c2ccc3cnncc3c2)c1-n1c2ccccc2n2c(C)ccc12. The van der Waals surface area contributed by atoms with Gasteiger partial charge in [0.25, 0.3) is 0 Å². The summed E-state index contributed by atoms with van der Waals surface area (Å²) in [4.78, 5) is 0. The minimum atomic E-state index is 1.09. The summed E-state index contributed by atoms with van der Waals surface area (Å²) in [5.41, 5.74) is 9.67. The van der Waals surface area contributed by atoms with Crippen molar-refractivity contribution in [3.63, 3.8) is 0 Å². The molecule has 0 aliphatic heterocycles. The van der Waals surface area contributed by atoms with Gasteiger partial charge in [0.2, 0.25) is 0 Å². The maximum Gasteiger partial charge on any atom is 0.122 e. The number of fused-ring (bicyclic) bond motifs is 4. The van der Waals surface area contributed by atoms with E-state index in [0.29, 0.717) is 0 Å². The highest BCUT2D eigenvalue weighted by molar-refractivity contribution is 5.91. The molecule has 0 saturated carbocycles. The number of nitrogens with zero attached hydrogens (tertiary/aromatic N) is 4. The van der Waals surface area contributed by atoms with Gasteiger partial charge in [0.15, 0.2) is 0 Å². The first-order valence-electron chi connectivity index (χ1n) is 10.1. The van der Waals surface area contributed by atoms with Crippen LogP contribution in [0.15, 0.2) is 85.2 Å². The van der Waals surface area contributed by atoms with Crippen molar-refractivity contribution in [2.75, 3.05) is 0 Å². The van der Waals surface area contributed by atoms with Crippen LogP contribution < -0.4 is 0 Å². The second kappa shape index (κ2) is 6.29. The van der Waals surface area contributed by atoms with E-state index in [4.69, 9.17) is 0 Å². The monoisotopic (exact) mass is 388 g/mol. The Labute approximate surface area is 174 Å². The zero-order valence-electron chi connectivity index (χ0n) is 16.9. The lowest BCUT2D eigenvalue weighted by Gasteiger charge is -2.16. The number of para-hydroxylation sites is 3. The third-order valence-electron chi connectivity index (χ3n) is 5.97. The fraction of sp³-hybridized carbons (Fsp3) is 0.0769. The first kappa shape index (κ1) is 17.0. The number of aryl methyl sites for hydroxylation is 2. The maximum atomic E-state index is 4.06. The van der Waals surface area contributed by atoms with Gasteiger partial charge in [0.05, 0.1) is 29.1 Å². The second-order valence-corrected chi connectivity index (χ2v) is 7.80. The number of benzene rings is 3. The van der Waals surface area contributed by atoms with Crippen LogP contribution in [0.25, 0.3) is 44.3 Å². The molecular weight excluding hydrogens is 368 g/mol. The molecule has 6 rings (SSSR count). The Kier molecular flexibility index (Phi) is 3.56. The summed E-state index contributed by atoms with van der Waals surface area (Å²) in [5.74, 6) is 0. The molecule has 0 aliphatic carbocycles. The number of hydrogen-bond acceptors (Lipinski definition) is 2. The minimum absolute atomic E-state index is 1.09. The number of aromatic nitrogens is 4. The second-order valence-electron chi connectivity index (χ2n) is 7.80. The van der Waals surface area contributed by atoms with Crippen LogP contribution in [-0.2, 0) is 0 Å². The molecule has 3 heterocycles. The van der Waals surface area contributed by atoms with Gasteiger partial charge in [-0.15, -0.1) is 0 Å². The van der Waals surface area contributed by atoms with Gasteiger partial charge in [-0.2, -0.15) is 10.2 Å². The van der Waals surface area contributed by atoms with E-state index in [1.807, 2.05) is 12.4 Å². The van der Waals surface area contributed by atoms with E-state index in [1.165, 1.54) is 44.8 Å². The molecular formula is C26H20N4. The molecule has 3 aromatic heterocycles. The first-order valence-corrected chi connectivity index (χ1v) is 10.1. The molecule has 0 amide bonds. The summed E-state index contributed by atoms with van der Waals surface area (Å²) in [6, 6.07) is 26.0. The van der Waals surface area contributed by atoms with E-state index >= 15 is 0 Å². The smallest absolute Gasteiger partial charge is 0.122 e. The van der Waals surface area contributed by atoms with Crippen LogP contribution in [0, 0.1) is 13.8 Å². The fourth-order valence-corrected chi connectivity index (χ4v) is 4.57. The molecule has 30 heavy (non-hydrogen) atoms. The Hall–Kier alpha value is -3.92. The average Bonchev–Trinajstić information content (AvgIpc) is 3.31. The topological polar surface area (TPSA) is 35.1 Å². The van der Waals surface area contributed by atoms with Crippen molar-refractivity contribution in [2.24, 2.45) is 0 Å². The molecule has 0 fully saturated rings. The van der Waals surface area contributed by atoms with E-state index in [-0.39, 0.29) is 0 Å². The van der Waals surface area contributed by atoms with Crippen molar-refractivity contribution in [1.29, 1.82) is 0 Å². The third-order valence-corrected chi connectivity index (χ3v) is 5.97. The first-order chi connectivity index (χ1) is 14.7. The third kappa shape index (κ3) is 2.34. The Morgan fingerprint density at radius 2 is 1.50 bits per heavy atom. The van der Waals surface area contributed by atoms with Crippen molar-refractivity contribution in [3.05, 3.63) is 96.4 Å². The largest absolute Gasteiger partial charge is 0.298 e. The summed E-state index contributed by atoms with van der Waals surface area (Å²) >= 11 is 0. The Morgan fingerprint density at radius 1 is 0.700 bits per heavy atom. The molecule has 4 heteroatoms.